The Morgan fingerprint density at radius 2 is 1.83 bits per heavy atom. The molecule has 0 spiro atoms. The maximum absolute atomic E-state index is 13.9. The average molecular weight is 361 g/mol. The van der Waals surface area contributed by atoms with Crippen LogP contribution in [0.15, 0.2) is 23.1 Å². The van der Waals surface area contributed by atoms with E-state index < -0.39 is 28.0 Å². The van der Waals surface area contributed by atoms with E-state index in [0.29, 0.717) is 18.8 Å². The summed E-state index contributed by atoms with van der Waals surface area (Å²) in [7, 11) is -3.62. The molecule has 136 valence electrons. The van der Waals surface area contributed by atoms with E-state index in [1.54, 1.807) is 20.8 Å². The van der Waals surface area contributed by atoms with Crippen molar-refractivity contribution >= 4 is 15.7 Å². The van der Waals surface area contributed by atoms with Crippen LogP contribution >= 0.6 is 0 Å². The zero-order valence-corrected chi connectivity index (χ0v) is 15.2. The Morgan fingerprint density at radius 3 is 2.29 bits per heavy atom. The van der Waals surface area contributed by atoms with E-state index in [4.69, 9.17) is 9.47 Å². The van der Waals surface area contributed by atoms with Gasteiger partial charge in [0.25, 0.3) is 0 Å². The van der Waals surface area contributed by atoms with Gasteiger partial charge in [0.05, 0.1) is 12.5 Å². The summed E-state index contributed by atoms with van der Waals surface area (Å²) in [5.74, 6) is -1.14. The van der Waals surface area contributed by atoms with Gasteiger partial charge in [-0.15, -0.1) is 0 Å². The zero-order valence-electron chi connectivity index (χ0n) is 14.3. The summed E-state index contributed by atoms with van der Waals surface area (Å²) in [6.45, 7) is 6.14. The van der Waals surface area contributed by atoms with Crippen LogP contribution in [0.4, 0.5) is 4.39 Å². The van der Waals surface area contributed by atoms with Crippen molar-refractivity contribution in [3.8, 4) is 0 Å². The van der Waals surface area contributed by atoms with Crippen LogP contribution in [0.5, 0.6) is 0 Å². The monoisotopic (exact) mass is 361 g/mol. The summed E-state index contributed by atoms with van der Waals surface area (Å²) in [4.78, 5) is 11.7. The third kappa shape index (κ3) is 6.18. The first kappa shape index (κ1) is 20.5. The van der Waals surface area contributed by atoms with Crippen molar-refractivity contribution in [1.82, 2.24) is 5.32 Å². The summed E-state index contributed by atoms with van der Waals surface area (Å²) < 4.78 is 47.4. The third-order valence-electron chi connectivity index (χ3n) is 3.29. The Hall–Kier alpha value is -1.51. The second-order valence-electron chi connectivity index (χ2n) is 5.30. The van der Waals surface area contributed by atoms with Crippen molar-refractivity contribution in [1.29, 1.82) is 0 Å². The molecule has 1 unspecified atom stereocenters. The summed E-state index contributed by atoms with van der Waals surface area (Å²) in [5, 5.41) is 2.71. The van der Waals surface area contributed by atoms with Crippen molar-refractivity contribution in [3.05, 3.63) is 29.6 Å². The molecule has 1 amide bonds. The predicted molar refractivity (Wildman–Crippen MR) is 87.7 cm³/mol. The maximum atomic E-state index is 13.9. The summed E-state index contributed by atoms with van der Waals surface area (Å²) in [6, 6.07) is 3.31. The van der Waals surface area contributed by atoms with Gasteiger partial charge in [-0.25, -0.2) is 12.8 Å². The number of nitrogens with one attached hydrogen (secondary N) is 1. The lowest BCUT2D eigenvalue weighted by Gasteiger charge is -2.19. The lowest BCUT2D eigenvalue weighted by Crippen LogP contribution is -2.32. The van der Waals surface area contributed by atoms with Crippen molar-refractivity contribution in [2.45, 2.75) is 44.4 Å². The van der Waals surface area contributed by atoms with Gasteiger partial charge in [0.15, 0.2) is 16.1 Å². The summed E-state index contributed by atoms with van der Waals surface area (Å²) in [6.07, 6.45) is 0.338. The highest BCUT2D eigenvalue weighted by atomic mass is 32.2. The molecule has 0 saturated carbocycles. The molecule has 1 N–H and O–H groups in total. The first-order chi connectivity index (χ1) is 11.2. The number of carbonyl (C=O) groups is 1. The van der Waals surface area contributed by atoms with E-state index >= 15 is 0 Å². The topological polar surface area (TPSA) is 81.7 Å². The van der Waals surface area contributed by atoms with Gasteiger partial charge in [-0.05, 0) is 38.5 Å². The number of carbonyl (C=O) groups excluding carboxylic acids is 1. The van der Waals surface area contributed by atoms with Gasteiger partial charge in [-0.1, -0.05) is 6.07 Å². The highest BCUT2D eigenvalue weighted by molar-refractivity contribution is 7.90. The first-order valence-corrected chi connectivity index (χ1v) is 9.60. The minimum atomic E-state index is -3.62. The molecule has 1 aromatic rings. The van der Waals surface area contributed by atoms with Gasteiger partial charge in [-0.2, -0.15) is 0 Å². The lowest BCUT2D eigenvalue weighted by molar-refractivity contribution is -0.153. The van der Waals surface area contributed by atoms with Crippen LogP contribution in [-0.4, -0.2) is 40.1 Å². The Bertz CT molecular complexity index is 656. The molecule has 0 aliphatic heterocycles. The van der Waals surface area contributed by atoms with Crippen LogP contribution in [0.1, 0.15) is 38.8 Å². The molecule has 6 nitrogen and oxygen atoms in total. The van der Waals surface area contributed by atoms with Crippen LogP contribution < -0.4 is 5.32 Å². The molecule has 24 heavy (non-hydrogen) atoms. The van der Waals surface area contributed by atoms with Gasteiger partial charge in [0.1, 0.15) is 10.7 Å². The molecule has 1 rings (SSSR count). The summed E-state index contributed by atoms with van der Waals surface area (Å²) >= 11 is 0. The van der Waals surface area contributed by atoms with Gasteiger partial charge in [0, 0.05) is 19.5 Å². The lowest BCUT2D eigenvalue weighted by atomic mass is 10.1. The number of benzene rings is 1. The Balaban J connectivity index is 2.75. The predicted octanol–water partition coefficient (Wildman–Crippen LogP) is 2.20. The van der Waals surface area contributed by atoms with Gasteiger partial charge in [0.2, 0.25) is 5.91 Å². The van der Waals surface area contributed by atoms with E-state index in [1.807, 2.05) is 0 Å². The molecule has 0 saturated heterocycles. The number of amides is 1. The molecular weight excluding hydrogens is 337 g/mol. The molecular formula is C16H24FNO5S. The van der Waals surface area contributed by atoms with Gasteiger partial charge >= 0.3 is 0 Å². The molecule has 0 bridgehead atoms. The highest BCUT2D eigenvalue weighted by Crippen LogP contribution is 2.20. The Kier molecular flexibility index (Phi) is 7.78. The van der Waals surface area contributed by atoms with E-state index in [1.165, 1.54) is 12.1 Å². The number of sulfone groups is 1. The molecule has 0 heterocycles. The normalized spacial score (nSPS) is 13.1. The smallest absolute Gasteiger partial charge is 0.225 e. The van der Waals surface area contributed by atoms with Gasteiger partial charge in [-0.3, -0.25) is 4.79 Å². The molecule has 0 aliphatic carbocycles. The number of hydrogen-bond donors (Lipinski definition) is 1. The minimum Gasteiger partial charge on any atom is -0.352 e. The fraction of sp³-hybridized carbons (Fsp3) is 0.562. The molecule has 1 atom stereocenters. The van der Waals surface area contributed by atoms with Gasteiger partial charge < -0.3 is 14.8 Å². The first-order valence-electron chi connectivity index (χ1n) is 7.71. The quantitative estimate of drug-likeness (QED) is 0.682. The standard InChI is InChI=1S/C16H24FNO5S/c1-5-22-16(23-6-2)10-15(19)18-11(3)12-7-8-14(13(17)9-12)24(4,20)21/h7-9,11,16H,5-6,10H2,1-4H3,(H,18,19). The third-order valence-corrected chi connectivity index (χ3v) is 4.42. The fourth-order valence-corrected chi connectivity index (χ4v) is 2.89. The van der Waals surface area contributed by atoms with Crippen molar-refractivity contribution in [2.75, 3.05) is 19.5 Å². The average Bonchev–Trinajstić information content (AvgIpc) is 2.46. The van der Waals surface area contributed by atoms with Crippen molar-refractivity contribution < 1.29 is 27.1 Å². The van der Waals surface area contributed by atoms with Crippen molar-refractivity contribution in [3.63, 3.8) is 0 Å². The minimum absolute atomic E-state index is 0.0237. The van der Waals surface area contributed by atoms with E-state index in [-0.39, 0.29) is 17.2 Å². The largest absolute Gasteiger partial charge is 0.352 e. The van der Waals surface area contributed by atoms with Crippen LogP contribution in [0, 0.1) is 5.82 Å². The van der Waals surface area contributed by atoms with E-state index in [2.05, 4.69) is 5.32 Å². The molecule has 0 radical (unpaired) electrons. The Labute approximate surface area is 142 Å². The van der Waals surface area contributed by atoms with Crippen LogP contribution in [-0.2, 0) is 24.1 Å². The number of hydrogen-bond acceptors (Lipinski definition) is 5. The zero-order chi connectivity index (χ0) is 18.3. The molecule has 0 aromatic heterocycles. The molecule has 8 heteroatoms. The van der Waals surface area contributed by atoms with Crippen LogP contribution in [0.3, 0.4) is 0 Å². The van der Waals surface area contributed by atoms with E-state index in [0.717, 1.165) is 12.3 Å². The van der Waals surface area contributed by atoms with E-state index in [9.17, 15) is 17.6 Å². The Morgan fingerprint density at radius 1 is 1.25 bits per heavy atom. The molecule has 0 fully saturated rings. The number of ether oxygens (including phenoxy) is 2. The SMILES string of the molecule is CCOC(CC(=O)NC(C)c1ccc(S(C)(=O)=O)c(F)c1)OCC. The van der Waals surface area contributed by atoms with Crippen molar-refractivity contribution in [2.24, 2.45) is 0 Å². The second-order valence-corrected chi connectivity index (χ2v) is 7.28. The van der Waals surface area contributed by atoms with Crippen LogP contribution in [0.25, 0.3) is 0 Å². The fourth-order valence-electron chi connectivity index (χ4n) is 2.16. The second kappa shape index (κ2) is 9.10. The van der Waals surface area contributed by atoms with Crippen LogP contribution in [0.2, 0.25) is 0 Å². The number of halogens is 1. The molecule has 1 aromatic carbocycles. The highest BCUT2D eigenvalue weighted by Gasteiger charge is 2.19. The molecule has 0 aliphatic rings. The summed E-state index contributed by atoms with van der Waals surface area (Å²) in [5.41, 5.74) is 0.470. The number of rotatable bonds is 9. The maximum Gasteiger partial charge on any atom is 0.225 e.